The Balaban J connectivity index is 1.71. The molecule has 1 N–H and O–H groups in total. The predicted octanol–water partition coefficient (Wildman–Crippen LogP) is 4.38. The molecule has 6 nitrogen and oxygen atoms in total. The van der Waals surface area contributed by atoms with E-state index in [0.717, 1.165) is 50.0 Å². The molecule has 0 saturated carbocycles. The van der Waals surface area contributed by atoms with Crippen LogP contribution in [0.5, 0.6) is 0 Å². The van der Waals surface area contributed by atoms with Crippen LogP contribution in [0.1, 0.15) is 70.4 Å². The Bertz CT molecular complexity index is 674. The van der Waals surface area contributed by atoms with E-state index in [4.69, 9.17) is 16.3 Å². The topological polar surface area (TPSA) is 67.4 Å². The van der Waals surface area contributed by atoms with Gasteiger partial charge in [-0.15, -0.1) is 10.2 Å². The van der Waals surface area contributed by atoms with E-state index in [9.17, 15) is 4.79 Å². The largest absolute Gasteiger partial charge is 0.444 e. The second-order valence-corrected chi connectivity index (χ2v) is 8.79. The SMILES string of the molecule is CC1CCCc2c(N[C@@H]3CCCN(C(=O)OC(C)(C)C)C3)nnc(Cl)c21. The van der Waals surface area contributed by atoms with Crippen LogP contribution in [0, 0.1) is 0 Å². The Labute approximate surface area is 160 Å². The Morgan fingerprint density at radius 3 is 2.77 bits per heavy atom. The van der Waals surface area contributed by atoms with Crippen molar-refractivity contribution in [3.63, 3.8) is 0 Å². The Hall–Kier alpha value is -1.56. The zero-order valence-electron chi connectivity index (χ0n) is 16.1. The molecule has 0 radical (unpaired) electrons. The maximum atomic E-state index is 12.4. The first kappa shape index (κ1) is 19.2. The monoisotopic (exact) mass is 380 g/mol. The van der Waals surface area contributed by atoms with Crippen molar-refractivity contribution in [3.05, 3.63) is 16.3 Å². The van der Waals surface area contributed by atoms with Gasteiger partial charge in [-0.25, -0.2) is 4.79 Å². The molecule has 1 amide bonds. The first-order valence-corrected chi connectivity index (χ1v) is 9.92. The number of likely N-dealkylation sites (tertiary alicyclic amines) is 1. The minimum atomic E-state index is -0.478. The minimum Gasteiger partial charge on any atom is -0.444 e. The van der Waals surface area contributed by atoms with Gasteiger partial charge in [-0.05, 0) is 58.8 Å². The van der Waals surface area contributed by atoms with Gasteiger partial charge in [0.2, 0.25) is 0 Å². The summed E-state index contributed by atoms with van der Waals surface area (Å²) in [5.74, 6) is 1.24. The predicted molar refractivity (Wildman–Crippen MR) is 103 cm³/mol. The number of hydrogen-bond donors (Lipinski definition) is 1. The van der Waals surface area contributed by atoms with Gasteiger partial charge in [-0.3, -0.25) is 0 Å². The minimum absolute atomic E-state index is 0.146. The molecule has 2 aliphatic rings. The third-order valence-electron chi connectivity index (χ3n) is 5.04. The number of nitrogens with one attached hydrogen (secondary N) is 1. The number of amides is 1. The number of ether oxygens (including phenoxy) is 1. The lowest BCUT2D eigenvalue weighted by Gasteiger charge is -2.35. The molecule has 3 rings (SSSR count). The fourth-order valence-corrected chi connectivity index (χ4v) is 4.18. The van der Waals surface area contributed by atoms with Crippen LogP contribution in [-0.2, 0) is 11.2 Å². The Morgan fingerprint density at radius 1 is 1.27 bits per heavy atom. The number of carbonyl (C=O) groups is 1. The van der Waals surface area contributed by atoms with Crippen LogP contribution >= 0.6 is 11.6 Å². The fourth-order valence-electron chi connectivity index (χ4n) is 3.84. The number of halogens is 1. The summed E-state index contributed by atoms with van der Waals surface area (Å²) in [6.07, 6.45) is 4.93. The number of hydrogen-bond acceptors (Lipinski definition) is 5. The van der Waals surface area contributed by atoms with Crippen LogP contribution in [-0.4, -0.2) is 45.9 Å². The first-order valence-electron chi connectivity index (χ1n) is 9.54. The average molecular weight is 381 g/mol. The van der Waals surface area contributed by atoms with Crippen LogP contribution in [0.2, 0.25) is 5.15 Å². The van der Waals surface area contributed by atoms with Crippen LogP contribution in [0.25, 0.3) is 0 Å². The third-order valence-corrected chi connectivity index (χ3v) is 5.32. The Kier molecular flexibility index (Phi) is 5.61. The Morgan fingerprint density at radius 2 is 2.04 bits per heavy atom. The van der Waals surface area contributed by atoms with Crippen molar-refractivity contribution < 1.29 is 9.53 Å². The first-order chi connectivity index (χ1) is 12.2. The van der Waals surface area contributed by atoms with Crippen molar-refractivity contribution in [2.45, 2.75) is 77.4 Å². The molecule has 2 atom stereocenters. The molecule has 1 unspecified atom stereocenters. The highest BCUT2D eigenvalue weighted by Crippen LogP contribution is 2.38. The average Bonchev–Trinajstić information content (AvgIpc) is 2.56. The number of anilines is 1. The summed E-state index contributed by atoms with van der Waals surface area (Å²) in [6.45, 7) is 9.21. The second-order valence-electron chi connectivity index (χ2n) is 8.43. The highest BCUT2D eigenvalue weighted by Gasteiger charge is 2.30. The molecular formula is C19H29ClN4O2. The third kappa shape index (κ3) is 4.40. The van der Waals surface area contributed by atoms with Crippen molar-refractivity contribution in [1.29, 1.82) is 0 Å². The van der Waals surface area contributed by atoms with Crippen molar-refractivity contribution in [2.24, 2.45) is 0 Å². The molecule has 2 heterocycles. The molecule has 26 heavy (non-hydrogen) atoms. The van der Waals surface area contributed by atoms with Gasteiger partial charge in [0.25, 0.3) is 0 Å². The zero-order valence-corrected chi connectivity index (χ0v) is 16.9. The number of fused-ring (bicyclic) bond motifs is 1. The number of piperidine rings is 1. The van der Waals surface area contributed by atoms with Gasteiger partial charge in [-0.2, -0.15) is 0 Å². The normalized spacial score (nSPS) is 23.3. The van der Waals surface area contributed by atoms with Gasteiger partial charge in [0, 0.05) is 30.3 Å². The lowest BCUT2D eigenvalue weighted by atomic mass is 9.85. The van der Waals surface area contributed by atoms with E-state index in [2.05, 4.69) is 22.4 Å². The van der Waals surface area contributed by atoms with E-state index in [0.29, 0.717) is 17.6 Å². The quantitative estimate of drug-likeness (QED) is 0.824. The second kappa shape index (κ2) is 7.59. The lowest BCUT2D eigenvalue weighted by Crippen LogP contribution is -2.47. The summed E-state index contributed by atoms with van der Waals surface area (Å²) in [6, 6.07) is 0.146. The van der Waals surface area contributed by atoms with Crippen LogP contribution in [0.3, 0.4) is 0 Å². The van der Waals surface area contributed by atoms with Gasteiger partial charge >= 0.3 is 6.09 Å². The number of rotatable bonds is 2. The molecule has 0 aromatic carbocycles. The number of carbonyl (C=O) groups excluding carboxylic acids is 1. The van der Waals surface area contributed by atoms with Crippen molar-refractivity contribution >= 4 is 23.5 Å². The van der Waals surface area contributed by atoms with E-state index in [1.165, 1.54) is 5.56 Å². The van der Waals surface area contributed by atoms with E-state index in [1.54, 1.807) is 4.90 Å². The highest BCUT2D eigenvalue weighted by atomic mass is 35.5. The molecule has 1 aromatic rings. The highest BCUT2D eigenvalue weighted by molar-refractivity contribution is 6.30. The molecule has 7 heteroatoms. The van der Waals surface area contributed by atoms with Crippen LogP contribution in [0.15, 0.2) is 0 Å². The maximum Gasteiger partial charge on any atom is 0.410 e. The summed E-state index contributed by atoms with van der Waals surface area (Å²) >= 11 is 6.31. The van der Waals surface area contributed by atoms with Gasteiger partial charge in [0.15, 0.2) is 11.0 Å². The number of nitrogens with zero attached hydrogens (tertiary/aromatic N) is 3. The van der Waals surface area contributed by atoms with E-state index in [1.807, 2.05) is 20.8 Å². The maximum absolute atomic E-state index is 12.4. The van der Waals surface area contributed by atoms with Gasteiger partial charge in [0.05, 0.1) is 0 Å². The summed E-state index contributed by atoms with van der Waals surface area (Å²) in [5, 5.41) is 12.5. The fraction of sp³-hybridized carbons (Fsp3) is 0.737. The molecule has 1 aliphatic carbocycles. The summed E-state index contributed by atoms with van der Waals surface area (Å²) in [5.41, 5.74) is 1.85. The summed E-state index contributed by atoms with van der Waals surface area (Å²) in [7, 11) is 0. The van der Waals surface area contributed by atoms with Crippen molar-refractivity contribution in [1.82, 2.24) is 15.1 Å². The summed E-state index contributed by atoms with van der Waals surface area (Å²) < 4.78 is 5.51. The smallest absolute Gasteiger partial charge is 0.410 e. The van der Waals surface area contributed by atoms with Gasteiger partial charge in [0.1, 0.15) is 5.60 Å². The van der Waals surface area contributed by atoms with E-state index in [-0.39, 0.29) is 12.1 Å². The standard InChI is InChI=1S/C19H29ClN4O2/c1-12-7-5-9-14-15(12)16(20)22-23-17(14)21-13-8-6-10-24(11-13)18(25)26-19(2,3)4/h12-13H,5-11H2,1-4H3,(H,21,23)/t12?,13-/m1/s1. The van der Waals surface area contributed by atoms with Crippen molar-refractivity contribution in [3.8, 4) is 0 Å². The molecular weight excluding hydrogens is 352 g/mol. The molecule has 0 spiro atoms. The molecule has 144 valence electrons. The summed E-state index contributed by atoms with van der Waals surface area (Å²) in [4.78, 5) is 14.1. The zero-order chi connectivity index (χ0) is 18.9. The molecule has 1 aliphatic heterocycles. The lowest BCUT2D eigenvalue weighted by molar-refractivity contribution is 0.0206. The molecule has 1 aromatic heterocycles. The van der Waals surface area contributed by atoms with Gasteiger partial charge < -0.3 is 15.0 Å². The molecule has 1 fully saturated rings. The van der Waals surface area contributed by atoms with Gasteiger partial charge in [-0.1, -0.05) is 18.5 Å². The van der Waals surface area contributed by atoms with Crippen LogP contribution < -0.4 is 5.32 Å². The molecule has 1 saturated heterocycles. The van der Waals surface area contributed by atoms with E-state index >= 15 is 0 Å². The van der Waals surface area contributed by atoms with Crippen LogP contribution in [0.4, 0.5) is 10.6 Å². The van der Waals surface area contributed by atoms with Crippen molar-refractivity contribution in [2.75, 3.05) is 18.4 Å². The van der Waals surface area contributed by atoms with E-state index < -0.39 is 5.60 Å². The molecule has 0 bridgehead atoms. The number of aromatic nitrogens is 2.